The van der Waals surface area contributed by atoms with Crippen LogP contribution in [0.1, 0.15) is 17.9 Å². The second kappa shape index (κ2) is 3.37. The first-order valence-electron chi connectivity index (χ1n) is 3.21. The molecule has 1 aromatic rings. The zero-order valence-corrected chi connectivity index (χ0v) is 7.88. The van der Waals surface area contributed by atoms with Gasteiger partial charge in [0.2, 0.25) is 9.05 Å². The molecule has 1 rings (SSSR count). The second-order valence-electron chi connectivity index (χ2n) is 2.25. The van der Waals surface area contributed by atoms with E-state index in [1.54, 1.807) is 0 Å². The van der Waals surface area contributed by atoms with Crippen LogP contribution in [0.4, 0.5) is 0 Å². The fourth-order valence-corrected chi connectivity index (χ4v) is 1.35. The van der Waals surface area contributed by atoms with Gasteiger partial charge in [-0.05, 0) is 6.92 Å². The zero-order valence-electron chi connectivity index (χ0n) is 6.31. The predicted octanol–water partition coefficient (Wildman–Crippen LogP) is 1.11. The van der Waals surface area contributed by atoms with Crippen LogP contribution in [0.2, 0.25) is 0 Å². The van der Waals surface area contributed by atoms with E-state index in [-0.39, 0.29) is 0 Å². The van der Waals surface area contributed by atoms with Crippen LogP contribution in [0.5, 0.6) is 0 Å². The van der Waals surface area contributed by atoms with Crippen molar-refractivity contribution in [2.75, 3.05) is 0 Å². The van der Waals surface area contributed by atoms with Gasteiger partial charge in [-0.1, -0.05) is 0 Å². The third kappa shape index (κ3) is 2.15. The van der Waals surface area contributed by atoms with Crippen molar-refractivity contribution in [1.29, 1.82) is 0 Å². The summed E-state index contributed by atoms with van der Waals surface area (Å²) >= 11 is 0. The molecule has 4 nitrogen and oxygen atoms in total. The zero-order chi connectivity index (χ0) is 9.19. The number of nitrogens with zero attached hydrogens (tertiary/aromatic N) is 2. The van der Waals surface area contributed by atoms with E-state index >= 15 is 0 Å². The molecule has 12 heavy (non-hydrogen) atoms. The van der Waals surface area contributed by atoms with Gasteiger partial charge in [0.1, 0.15) is 5.25 Å². The molecule has 1 unspecified atom stereocenters. The molecule has 0 saturated carbocycles. The molecule has 0 N–H and O–H groups in total. The van der Waals surface area contributed by atoms with Crippen molar-refractivity contribution in [2.24, 2.45) is 0 Å². The molecular weight excluding hydrogens is 200 g/mol. The van der Waals surface area contributed by atoms with Crippen molar-refractivity contribution in [3.8, 4) is 0 Å². The van der Waals surface area contributed by atoms with Crippen molar-refractivity contribution >= 4 is 19.7 Å². The van der Waals surface area contributed by atoms with E-state index < -0.39 is 14.3 Å². The van der Waals surface area contributed by atoms with Gasteiger partial charge >= 0.3 is 0 Å². The normalized spacial score (nSPS) is 14.2. The number of rotatable bonds is 2. The summed E-state index contributed by atoms with van der Waals surface area (Å²) in [7, 11) is 1.54. The highest BCUT2D eigenvalue weighted by atomic mass is 35.7. The Labute approximate surface area is 75.0 Å². The maximum atomic E-state index is 10.8. The van der Waals surface area contributed by atoms with Crippen LogP contribution in [0.15, 0.2) is 18.6 Å². The molecule has 0 amide bonds. The van der Waals surface area contributed by atoms with Gasteiger partial charge in [-0.2, -0.15) is 0 Å². The van der Waals surface area contributed by atoms with Gasteiger partial charge in [0.05, 0.1) is 5.69 Å². The number of hydrogen-bond donors (Lipinski definition) is 0. The third-order valence-corrected chi connectivity index (χ3v) is 3.31. The minimum absolute atomic E-state index is 0.354. The quantitative estimate of drug-likeness (QED) is 0.680. The van der Waals surface area contributed by atoms with Gasteiger partial charge in [0.15, 0.2) is 0 Å². The van der Waals surface area contributed by atoms with Gasteiger partial charge in [0, 0.05) is 29.3 Å². The Bertz CT molecular complexity index is 351. The number of hydrogen-bond acceptors (Lipinski definition) is 4. The lowest BCUT2D eigenvalue weighted by atomic mass is 10.3. The monoisotopic (exact) mass is 206 g/mol. The summed E-state index contributed by atoms with van der Waals surface area (Å²) in [5.41, 5.74) is 0.354. The van der Waals surface area contributed by atoms with Crippen molar-refractivity contribution in [1.82, 2.24) is 9.97 Å². The molecule has 0 radical (unpaired) electrons. The Balaban J connectivity index is 3.02. The lowest BCUT2D eigenvalue weighted by molar-refractivity contribution is 0.599. The molecule has 0 saturated heterocycles. The third-order valence-electron chi connectivity index (χ3n) is 1.42. The Hall–Kier alpha value is -0.680. The van der Waals surface area contributed by atoms with Crippen molar-refractivity contribution < 1.29 is 8.42 Å². The molecule has 0 spiro atoms. The highest BCUT2D eigenvalue weighted by molar-refractivity contribution is 8.13. The van der Waals surface area contributed by atoms with Crippen LogP contribution in [0.3, 0.4) is 0 Å². The minimum atomic E-state index is -3.59. The number of halogens is 1. The molecule has 1 aromatic heterocycles. The van der Waals surface area contributed by atoms with Crippen LogP contribution in [0, 0.1) is 0 Å². The van der Waals surface area contributed by atoms with Crippen LogP contribution in [0.25, 0.3) is 0 Å². The molecule has 0 aliphatic heterocycles. The molecule has 0 bridgehead atoms. The maximum Gasteiger partial charge on any atom is 0.240 e. The Morgan fingerprint density at radius 1 is 1.50 bits per heavy atom. The van der Waals surface area contributed by atoms with E-state index in [4.69, 9.17) is 10.7 Å². The Morgan fingerprint density at radius 3 is 2.58 bits per heavy atom. The molecular formula is C6H7ClN2O2S. The molecule has 1 heterocycles. The van der Waals surface area contributed by atoms with E-state index in [1.807, 2.05) is 0 Å². The van der Waals surface area contributed by atoms with E-state index in [0.717, 1.165) is 0 Å². The average molecular weight is 207 g/mol. The largest absolute Gasteiger partial charge is 0.261 e. The standard InChI is InChI=1S/C6H7ClN2O2S/c1-5(12(7,10)11)6-4-8-2-3-9-6/h2-5H,1H3. The first kappa shape index (κ1) is 9.41. The molecule has 0 aromatic carbocycles. The fraction of sp³-hybridized carbons (Fsp3) is 0.333. The Morgan fingerprint density at radius 2 is 2.17 bits per heavy atom. The molecule has 66 valence electrons. The topological polar surface area (TPSA) is 59.9 Å². The Kier molecular flexibility index (Phi) is 2.64. The van der Waals surface area contributed by atoms with Gasteiger partial charge in [-0.15, -0.1) is 0 Å². The van der Waals surface area contributed by atoms with Crippen molar-refractivity contribution in [2.45, 2.75) is 12.2 Å². The molecule has 0 fully saturated rings. The minimum Gasteiger partial charge on any atom is -0.261 e. The molecule has 6 heteroatoms. The summed E-state index contributed by atoms with van der Waals surface area (Å²) in [5.74, 6) is 0. The summed E-state index contributed by atoms with van der Waals surface area (Å²) in [6.07, 6.45) is 4.27. The van der Waals surface area contributed by atoms with E-state index in [1.165, 1.54) is 25.5 Å². The van der Waals surface area contributed by atoms with Crippen molar-refractivity contribution in [3.05, 3.63) is 24.3 Å². The van der Waals surface area contributed by atoms with Gasteiger partial charge in [-0.25, -0.2) is 8.42 Å². The summed E-state index contributed by atoms with van der Waals surface area (Å²) in [6, 6.07) is 0. The summed E-state index contributed by atoms with van der Waals surface area (Å²) in [6.45, 7) is 1.46. The molecule has 1 atom stereocenters. The first-order valence-corrected chi connectivity index (χ1v) is 5.58. The van der Waals surface area contributed by atoms with E-state index in [0.29, 0.717) is 5.69 Å². The lowest BCUT2D eigenvalue weighted by Crippen LogP contribution is -2.04. The summed E-state index contributed by atoms with van der Waals surface area (Å²) in [5, 5.41) is -0.812. The maximum absolute atomic E-state index is 10.8. The van der Waals surface area contributed by atoms with Crippen LogP contribution in [-0.2, 0) is 9.05 Å². The van der Waals surface area contributed by atoms with Crippen LogP contribution in [-0.4, -0.2) is 18.4 Å². The second-order valence-corrected chi connectivity index (χ2v) is 5.20. The smallest absolute Gasteiger partial charge is 0.240 e. The fourth-order valence-electron chi connectivity index (χ4n) is 0.665. The molecule has 0 aliphatic rings. The lowest BCUT2D eigenvalue weighted by Gasteiger charge is -2.04. The summed E-state index contributed by atoms with van der Waals surface area (Å²) in [4.78, 5) is 7.55. The van der Waals surface area contributed by atoms with Crippen molar-refractivity contribution in [3.63, 3.8) is 0 Å². The van der Waals surface area contributed by atoms with E-state index in [2.05, 4.69) is 9.97 Å². The average Bonchev–Trinajstić information content (AvgIpc) is 2.03. The predicted molar refractivity (Wildman–Crippen MR) is 45.2 cm³/mol. The SMILES string of the molecule is CC(c1cnccn1)S(=O)(=O)Cl. The van der Waals surface area contributed by atoms with E-state index in [9.17, 15) is 8.42 Å². The number of aromatic nitrogens is 2. The first-order chi connectivity index (χ1) is 5.52. The van der Waals surface area contributed by atoms with Crippen LogP contribution >= 0.6 is 10.7 Å². The molecule has 0 aliphatic carbocycles. The summed E-state index contributed by atoms with van der Waals surface area (Å²) < 4.78 is 21.7. The van der Waals surface area contributed by atoms with Gasteiger partial charge < -0.3 is 0 Å². The highest BCUT2D eigenvalue weighted by Gasteiger charge is 2.20. The van der Waals surface area contributed by atoms with Gasteiger partial charge in [0.25, 0.3) is 0 Å². The van der Waals surface area contributed by atoms with Gasteiger partial charge in [-0.3, -0.25) is 9.97 Å². The van der Waals surface area contributed by atoms with Crippen LogP contribution < -0.4 is 0 Å². The highest BCUT2D eigenvalue weighted by Crippen LogP contribution is 2.21.